The molecule has 0 amide bonds. The summed E-state index contributed by atoms with van der Waals surface area (Å²) in [5, 5.41) is 20.7. The number of likely N-dealkylation sites (N-methyl/N-ethyl adjacent to an activating group) is 1. The number of aliphatic hydroxyl groups excluding tert-OH is 2. The van der Waals surface area contributed by atoms with Crippen LogP contribution in [0.1, 0.15) is 12.0 Å². The van der Waals surface area contributed by atoms with Crippen molar-refractivity contribution in [1.82, 2.24) is 5.32 Å². The predicted molar refractivity (Wildman–Crippen MR) is 70.2 cm³/mol. The maximum Gasteiger partial charge on any atom is 0.146 e. The van der Waals surface area contributed by atoms with Gasteiger partial charge in [-0.05, 0) is 30.7 Å². The Morgan fingerprint density at radius 2 is 2.06 bits per heavy atom. The fourth-order valence-corrected chi connectivity index (χ4v) is 1.67. The van der Waals surface area contributed by atoms with E-state index in [4.69, 9.17) is 10.2 Å². The molecule has 18 heavy (non-hydrogen) atoms. The summed E-state index contributed by atoms with van der Waals surface area (Å²) >= 11 is 0. The van der Waals surface area contributed by atoms with Crippen molar-refractivity contribution in [1.29, 1.82) is 0 Å². The molecule has 3 N–H and O–H groups in total. The van der Waals surface area contributed by atoms with Gasteiger partial charge in [-0.2, -0.15) is 0 Å². The van der Waals surface area contributed by atoms with Gasteiger partial charge < -0.3 is 20.4 Å². The first kappa shape index (κ1) is 14.9. The van der Waals surface area contributed by atoms with Crippen LogP contribution < -0.4 is 10.2 Å². The zero-order valence-corrected chi connectivity index (χ0v) is 10.7. The topological polar surface area (TPSA) is 55.7 Å². The van der Waals surface area contributed by atoms with Gasteiger partial charge >= 0.3 is 0 Å². The highest BCUT2D eigenvalue weighted by molar-refractivity contribution is 5.49. The third-order valence-corrected chi connectivity index (χ3v) is 2.70. The van der Waals surface area contributed by atoms with Crippen LogP contribution in [0.15, 0.2) is 18.2 Å². The Morgan fingerprint density at radius 3 is 2.72 bits per heavy atom. The van der Waals surface area contributed by atoms with Crippen molar-refractivity contribution in [3.8, 4) is 0 Å². The van der Waals surface area contributed by atoms with Crippen LogP contribution in [0.2, 0.25) is 0 Å². The van der Waals surface area contributed by atoms with Gasteiger partial charge in [0.05, 0.1) is 12.3 Å². The average Bonchev–Trinajstić information content (AvgIpc) is 2.36. The molecule has 1 aromatic rings. The second-order valence-corrected chi connectivity index (χ2v) is 4.18. The zero-order valence-electron chi connectivity index (χ0n) is 10.7. The highest BCUT2D eigenvalue weighted by atomic mass is 19.1. The molecule has 0 heterocycles. The number of benzene rings is 1. The molecule has 0 saturated heterocycles. The van der Waals surface area contributed by atoms with Gasteiger partial charge in [0, 0.05) is 26.7 Å². The van der Waals surface area contributed by atoms with Crippen molar-refractivity contribution >= 4 is 5.69 Å². The zero-order chi connectivity index (χ0) is 13.4. The second-order valence-electron chi connectivity index (χ2n) is 4.18. The molecule has 0 aliphatic rings. The number of rotatable bonds is 8. The summed E-state index contributed by atoms with van der Waals surface area (Å²) in [6, 6.07) is 4.95. The molecule has 1 aromatic carbocycles. The summed E-state index contributed by atoms with van der Waals surface area (Å²) in [4.78, 5) is 1.69. The Morgan fingerprint density at radius 1 is 1.28 bits per heavy atom. The van der Waals surface area contributed by atoms with E-state index >= 15 is 0 Å². The van der Waals surface area contributed by atoms with Gasteiger partial charge in [-0.3, -0.25) is 0 Å². The molecule has 0 aromatic heterocycles. The van der Waals surface area contributed by atoms with Crippen molar-refractivity contribution in [3.05, 3.63) is 29.6 Å². The van der Waals surface area contributed by atoms with Crippen molar-refractivity contribution in [2.45, 2.75) is 13.0 Å². The van der Waals surface area contributed by atoms with E-state index in [1.54, 1.807) is 24.1 Å². The molecule has 0 aliphatic heterocycles. The third-order valence-electron chi connectivity index (χ3n) is 2.70. The third kappa shape index (κ3) is 4.60. The maximum atomic E-state index is 13.6. The van der Waals surface area contributed by atoms with E-state index < -0.39 is 0 Å². The lowest BCUT2D eigenvalue weighted by Crippen LogP contribution is -2.23. The molecule has 0 bridgehead atoms. The van der Waals surface area contributed by atoms with E-state index in [0.29, 0.717) is 25.2 Å². The molecule has 0 atom stereocenters. The standard InChI is InChI=1S/C13H21FN2O2/c1-16(6-8-18)13-9-11(3-4-12(13)14)10-15-5-2-7-17/h3-4,9,15,17-18H,2,5-8,10H2,1H3. The normalized spacial score (nSPS) is 10.7. The molecule has 102 valence electrons. The molecular formula is C13H21FN2O2. The van der Waals surface area contributed by atoms with Crippen LogP contribution in [0.3, 0.4) is 0 Å². The van der Waals surface area contributed by atoms with Crippen molar-refractivity contribution in [2.75, 3.05) is 38.3 Å². The Labute approximate surface area is 107 Å². The molecule has 0 radical (unpaired) electrons. The number of hydrogen-bond donors (Lipinski definition) is 3. The van der Waals surface area contributed by atoms with Gasteiger partial charge in [0.15, 0.2) is 0 Å². The minimum Gasteiger partial charge on any atom is -0.396 e. The molecule has 5 heteroatoms. The van der Waals surface area contributed by atoms with E-state index in [1.807, 2.05) is 0 Å². The number of nitrogens with zero attached hydrogens (tertiary/aromatic N) is 1. The lowest BCUT2D eigenvalue weighted by Gasteiger charge is -2.19. The minimum absolute atomic E-state index is 0.00504. The lowest BCUT2D eigenvalue weighted by atomic mass is 10.1. The molecule has 0 spiro atoms. The van der Waals surface area contributed by atoms with E-state index in [2.05, 4.69) is 5.32 Å². The summed E-state index contributed by atoms with van der Waals surface area (Å²) < 4.78 is 13.6. The predicted octanol–water partition coefficient (Wildman–Crippen LogP) is 0.726. The van der Waals surface area contributed by atoms with Gasteiger partial charge in [0.25, 0.3) is 0 Å². The Balaban J connectivity index is 2.62. The second kappa shape index (κ2) is 8.02. The first-order valence-corrected chi connectivity index (χ1v) is 6.11. The summed E-state index contributed by atoms with van der Waals surface area (Å²) in [5.41, 5.74) is 1.47. The molecular weight excluding hydrogens is 235 g/mol. The molecule has 0 aliphatic carbocycles. The van der Waals surface area contributed by atoms with E-state index in [1.165, 1.54) is 6.07 Å². The fraction of sp³-hybridized carbons (Fsp3) is 0.538. The number of halogens is 1. The lowest BCUT2D eigenvalue weighted by molar-refractivity contribution is 0.286. The van der Waals surface area contributed by atoms with Gasteiger partial charge in [-0.1, -0.05) is 6.07 Å². The van der Waals surface area contributed by atoms with Crippen LogP contribution in [-0.2, 0) is 6.54 Å². The monoisotopic (exact) mass is 256 g/mol. The quantitative estimate of drug-likeness (QED) is 0.600. The Bertz CT molecular complexity index is 361. The minimum atomic E-state index is -0.287. The Hall–Kier alpha value is -1.17. The molecule has 4 nitrogen and oxygen atoms in total. The smallest absolute Gasteiger partial charge is 0.146 e. The summed E-state index contributed by atoms with van der Waals surface area (Å²) in [5.74, 6) is -0.287. The van der Waals surface area contributed by atoms with Gasteiger partial charge in [-0.15, -0.1) is 0 Å². The summed E-state index contributed by atoms with van der Waals surface area (Å²) in [7, 11) is 1.75. The first-order valence-electron chi connectivity index (χ1n) is 6.11. The van der Waals surface area contributed by atoms with Crippen LogP contribution in [0.25, 0.3) is 0 Å². The molecule has 1 rings (SSSR count). The van der Waals surface area contributed by atoms with Gasteiger partial charge in [0.2, 0.25) is 0 Å². The van der Waals surface area contributed by atoms with Gasteiger partial charge in [0.1, 0.15) is 5.82 Å². The largest absolute Gasteiger partial charge is 0.396 e. The van der Waals surface area contributed by atoms with E-state index in [9.17, 15) is 4.39 Å². The van der Waals surface area contributed by atoms with Crippen LogP contribution >= 0.6 is 0 Å². The molecule has 0 saturated carbocycles. The first-order chi connectivity index (χ1) is 8.69. The highest BCUT2D eigenvalue weighted by Gasteiger charge is 2.08. The fourth-order valence-electron chi connectivity index (χ4n) is 1.67. The van der Waals surface area contributed by atoms with Crippen molar-refractivity contribution in [2.24, 2.45) is 0 Å². The number of aliphatic hydroxyl groups is 2. The van der Waals surface area contributed by atoms with Crippen molar-refractivity contribution in [3.63, 3.8) is 0 Å². The SMILES string of the molecule is CN(CCO)c1cc(CNCCCO)ccc1F. The number of nitrogens with one attached hydrogen (secondary N) is 1. The van der Waals surface area contributed by atoms with Crippen molar-refractivity contribution < 1.29 is 14.6 Å². The van der Waals surface area contributed by atoms with Gasteiger partial charge in [-0.25, -0.2) is 4.39 Å². The summed E-state index contributed by atoms with van der Waals surface area (Å²) in [6.45, 7) is 1.93. The van der Waals surface area contributed by atoms with Crippen LogP contribution in [0, 0.1) is 5.82 Å². The van der Waals surface area contributed by atoms with Crippen LogP contribution in [0.5, 0.6) is 0 Å². The number of hydrogen-bond acceptors (Lipinski definition) is 4. The Kier molecular flexibility index (Phi) is 6.64. The molecule has 0 unspecified atom stereocenters. The van der Waals surface area contributed by atoms with Crippen LogP contribution in [0.4, 0.5) is 10.1 Å². The number of anilines is 1. The maximum absolute atomic E-state index is 13.6. The highest BCUT2D eigenvalue weighted by Crippen LogP contribution is 2.19. The van der Waals surface area contributed by atoms with E-state index in [0.717, 1.165) is 12.1 Å². The summed E-state index contributed by atoms with van der Waals surface area (Å²) in [6.07, 6.45) is 0.707. The van der Waals surface area contributed by atoms with Crippen LogP contribution in [-0.4, -0.2) is 43.6 Å². The molecule has 0 fully saturated rings. The van der Waals surface area contributed by atoms with E-state index in [-0.39, 0.29) is 19.0 Å². The average molecular weight is 256 g/mol.